The van der Waals surface area contributed by atoms with Crippen molar-refractivity contribution >= 4 is 0 Å². The molecule has 1 aliphatic rings. The van der Waals surface area contributed by atoms with Gasteiger partial charge in [0.05, 0.1) is 24.5 Å². The fraction of sp³-hybridized carbons (Fsp3) is 0.625. The van der Waals surface area contributed by atoms with Crippen LogP contribution in [-0.2, 0) is 12.0 Å². The number of aromatic nitrogens is 3. The third-order valence-electron chi connectivity index (χ3n) is 3.98. The molecule has 0 atom stereocenters. The Morgan fingerprint density at radius 1 is 1.29 bits per heavy atom. The minimum Gasteiger partial charge on any atom is -0.444 e. The van der Waals surface area contributed by atoms with Crippen LogP contribution in [0.2, 0.25) is 0 Å². The standard InChI is InChI=1S/C16H24N4O/c1-11-6-12(2)20(18-11)13-8-19(9-13)10-15-17-7-14(21-15)16(3,4)5/h6-7,13H,8-10H2,1-5H3. The normalized spacial score (nSPS) is 17.2. The molecule has 0 amide bonds. The maximum absolute atomic E-state index is 5.85. The molecule has 21 heavy (non-hydrogen) atoms. The van der Waals surface area contributed by atoms with Crippen LogP contribution in [0.1, 0.15) is 49.9 Å². The third-order valence-corrected chi connectivity index (χ3v) is 3.98. The van der Waals surface area contributed by atoms with Crippen molar-refractivity contribution in [2.24, 2.45) is 0 Å². The van der Waals surface area contributed by atoms with Gasteiger partial charge in [0.2, 0.25) is 5.89 Å². The summed E-state index contributed by atoms with van der Waals surface area (Å²) >= 11 is 0. The van der Waals surface area contributed by atoms with Crippen molar-refractivity contribution in [2.45, 2.75) is 52.6 Å². The Kier molecular flexibility index (Phi) is 3.40. The topological polar surface area (TPSA) is 47.1 Å². The van der Waals surface area contributed by atoms with Gasteiger partial charge in [-0.1, -0.05) is 20.8 Å². The number of hydrogen-bond donors (Lipinski definition) is 0. The first-order valence-corrected chi connectivity index (χ1v) is 7.53. The Morgan fingerprint density at radius 2 is 2.00 bits per heavy atom. The lowest BCUT2D eigenvalue weighted by Crippen LogP contribution is -2.47. The number of aryl methyl sites for hydroxylation is 2. The maximum Gasteiger partial charge on any atom is 0.208 e. The van der Waals surface area contributed by atoms with Gasteiger partial charge in [-0.3, -0.25) is 9.58 Å². The molecule has 0 saturated carbocycles. The molecule has 5 nitrogen and oxygen atoms in total. The van der Waals surface area contributed by atoms with E-state index in [2.05, 4.69) is 53.4 Å². The second kappa shape index (κ2) is 4.98. The van der Waals surface area contributed by atoms with Crippen molar-refractivity contribution in [1.82, 2.24) is 19.7 Å². The van der Waals surface area contributed by atoms with E-state index in [1.54, 1.807) is 0 Å². The van der Waals surface area contributed by atoms with Crippen LogP contribution < -0.4 is 0 Å². The van der Waals surface area contributed by atoms with Gasteiger partial charge in [-0.15, -0.1) is 0 Å². The van der Waals surface area contributed by atoms with E-state index in [0.29, 0.717) is 6.04 Å². The van der Waals surface area contributed by atoms with Crippen molar-refractivity contribution in [3.8, 4) is 0 Å². The van der Waals surface area contributed by atoms with Crippen molar-refractivity contribution in [1.29, 1.82) is 0 Å². The summed E-state index contributed by atoms with van der Waals surface area (Å²) in [5.41, 5.74) is 2.35. The zero-order valence-electron chi connectivity index (χ0n) is 13.6. The summed E-state index contributed by atoms with van der Waals surface area (Å²) in [7, 11) is 0. The molecule has 1 aliphatic heterocycles. The molecule has 5 heteroatoms. The van der Waals surface area contributed by atoms with Gasteiger partial charge in [-0.25, -0.2) is 4.98 Å². The molecule has 2 aromatic heterocycles. The summed E-state index contributed by atoms with van der Waals surface area (Å²) in [6.07, 6.45) is 1.85. The first-order valence-electron chi connectivity index (χ1n) is 7.53. The highest BCUT2D eigenvalue weighted by Gasteiger charge is 2.31. The van der Waals surface area contributed by atoms with Crippen molar-refractivity contribution in [3.63, 3.8) is 0 Å². The Labute approximate surface area is 126 Å². The Morgan fingerprint density at radius 3 is 2.52 bits per heavy atom. The van der Waals surface area contributed by atoms with Gasteiger partial charge in [0.25, 0.3) is 0 Å². The van der Waals surface area contributed by atoms with E-state index in [1.165, 1.54) is 5.69 Å². The third kappa shape index (κ3) is 2.88. The average Bonchev–Trinajstić information content (AvgIpc) is 2.89. The van der Waals surface area contributed by atoms with E-state index in [0.717, 1.165) is 37.0 Å². The van der Waals surface area contributed by atoms with Crippen LogP contribution in [-0.4, -0.2) is 32.8 Å². The molecule has 0 aliphatic carbocycles. The lowest BCUT2D eigenvalue weighted by Gasteiger charge is -2.38. The number of likely N-dealkylation sites (tertiary alicyclic amines) is 1. The number of nitrogens with zero attached hydrogens (tertiary/aromatic N) is 4. The quantitative estimate of drug-likeness (QED) is 0.871. The molecule has 0 N–H and O–H groups in total. The number of hydrogen-bond acceptors (Lipinski definition) is 4. The average molecular weight is 288 g/mol. The largest absolute Gasteiger partial charge is 0.444 e. The minimum absolute atomic E-state index is 0.0203. The predicted molar refractivity (Wildman–Crippen MR) is 81.2 cm³/mol. The molecule has 3 heterocycles. The summed E-state index contributed by atoms with van der Waals surface area (Å²) in [4.78, 5) is 6.74. The molecule has 0 unspecified atom stereocenters. The van der Waals surface area contributed by atoms with Crippen LogP contribution in [0.4, 0.5) is 0 Å². The zero-order chi connectivity index (χ0) is 15.2. The summed E-state index contributed by atoms with van der Waals surface area (Å²) in [6, 6.07) is 2.61. The van der Waals surface area contributed by atoms with E-state index in [4.69, 9.17) is 4.42 Å². The molecule has 0 aromatic carbocycles. The van der Waals surface area contributed by atoms with Gasteiger partial charge in [0.1, 0.15) is 5.76 Å². The van der Waals surface area contributed by atoms with E-state index in [9.17, 15) is 0 Å². The van der Waals surface area contributed by atoms with Crippen LogP contribution in [0.15, 0.2) is 16.7 Å². The molecular formula is C16H24N4O. The van der Waals surface area contributed by atoms with Gasteiger partial charge in [0.15, 0.2) is 0 Å². The second-order valence-electron chi connectivity index (χ2n) is 7.09. The molecule has 1 saturated heterocycles. The van der Waals surface area contributed by atoms with Crippen LogP contribution in [0.25, 0.3) is 0 Å². The van der Waals surface area contributed by atoms with Crippen molar-refractivity contribution in [3.05, 3.63) is 35.3 Å². The van der Waals surface area contributed by atoms with E-state index in [1.807, 2.05) is 13.1 Å². The molecule has 2 aromatic rings. The van der Waals surface area contributed by atoms with Crippen LogP contribution in [0.3, 0.4) is 0 Å². The second-order valence-corrected chi connectivity index (χ2v) is 7.09. The number of oxazole rings is 1. The Hall–Kier alpha value is -1.62. The SMILES string of the molecule is Cc1cc(C)n(C2CN(Cc3ncc(C(C)(C)C)o3)C2)n1. The lowest BCUT2D eigenvalue weighted by molar-refractivity contribution is 0.0792. The smallest absolute Gasteiger partial charge is 0.208 e. The summed E-state index contributed by atoms with van der Waals surface area (Å²) in [5.74, 6) is 1.76. The highest BCUT2D eigenvalue weighted by atomic mass is 16.4. The highest BCUT2D eigenvalue weighted by Crippen LogP contribution is 2.26. The molecule has 0 radical (unpaired) electrons. The lowest BCUT2D eigenvalue weighted by atomic mass is 9.94. The molecule has 3 rings (SSSR count). The first-order chi connectivity index (χ1) is 9.83. The summed E-state index contributed by atoms with van der Waals surface area (Å²) in [6.45, 7) is 13.4. The van der Waals surface area contributed by atoms with E-state index >= 15 is 0 Å². The Balaban J connectivity index is 1.58. The first kappa shape index (κ1) is 14.3. The summed E-state index contributed by atoms with van der Waals surface area (Å²) in [5, 5.41) is 4.56. The molecule has 114 valence electrons. The van der Waals surface area contributed by atoms with Gasteiger partial charge >= 0.3 is 0 Å². The maximum atomic E-state index is 5.85. The van der Waals surface area contributed by atoms with Crippen molar-refractivity contribution < 1.29 is 4.42 Å². The van der Waals surface area contributed by atoms with E-state index in [-0.39, 0.29) is 5.41 Å². The van der Waals surface area contributed by atoms with Gasteiger partial charge in [0, 0.05) is 24.2 Å². The van der Waals surface area contributed by atoms with Crippen LogP contribution >= 0.6 is 0 Å². The van der Waals surface area contributed by atoms with E-state index < -0.39 is 0 Å². The minimum atomic E-state index is 0.0203. The van der Waals surface area contributed by atoms with Crippen LogP contribution in [0, 0.1) is 13.8 Å². The Bertz CT molecular complexity index is 629. The fourth-order valence-electron chi connectivity index (χ4n) is 2.76. The zero-order valence-corrected chi connectivity index (χ0v) is 13.6. The fourth-order valence-corrected chi connectivity index (χ4v) is 2.76. The molecule has 0 spiro atoms. The van der Waals surface area contributed by atoms with Crippen LogP contribution in [0.5, 0.6) is 0 Å². The van der Waals surface area contributed by atoms with Crippen molar-refractivity contribution in [2.75, 3.05) is 13.1 Å². The van der Waals surface area contributed by atoms with Gasteiger partial charge in [-0.2, -0.15) is 5.10 Å². The predicted octanol–water partition coefficient (Wildman–Crippen LogP) is 2.84. The molecule has 0 bridgehead atoms. The highest BCUT2D eigenvalue weighted by molar-refractivity contribution is 5.10. The number of rotatable bonds is 3. The molecule has 1 fully saturated rings. The monoisotopic (exact) mass is 288 g/mol. The van der Waals surface area contributed by atoms with Gasteiger partial charge in [-0.05, 0) is 19.9 Å². The molecular weight excluding hydrogens is 264 g/mol. The van der Waals surface area contributed by atoms with Gasteiger partial charge < -0.3 is 4.42 Å². The summed E-state index contributed by atoms with van der Waals surface area (Å²) < 4.78 is 7.99.